The number of benzene rings is 1. The smallest absolute Gasteiger partial charge is 0.317 e. The second-order valence-electron chi connectivity index (χ2n) is 6.38. The van der Waals surface area contributed by atoms with Gasteiger partial charge in [-0.1, -0.05) is 6.07 Å². The summed E-state index contributed by atoms with van der Waals surface area (Å²) < 4.78 is 32.0. The van der Waals surface area contributed by atoms with E-state index in [9.17, 15) is 13.6 Å². The van der Waals surface area contributed by atoms with Crippen LogP contribution in [0.2, 0.25) is 0 Å². The van der Waals surface area contributed by atoms with E-state index in [-0.39, 0.29) is 18.1 Å². The zero-order chi connectivity index (χ0) is 18.0. The Morgan fingerprint density at radius 2 is 2.16 bits per heavy atom. The van der Waals surface area contributed by atoms with Crippen molar-refractivity contribution >= 4 is 6.03 Å². The summed E-state index contributed by atoms with van der Waals surface area (Å²) in [4.78, 5) is 16.0. The van der Waals surface area contributed by atoms with Crippen LogP contribution < -0.4 is 5.32 Å². The fourth-order valence-corrected chi connectivity index (χ4v) is 3.26. The molecule has 1 N–H and O–H groups in total. The number of nitrogens with one attached hydrogen (secondary N) is 1. The number of furan rings is 1. The zero-order valence-electron chi connectivity index (χ0n) is 14.2. The molecule has 1 aliphatic rings. The maximum absolute atomic E-state index is 13.6. The van der Waals surface area contributed by atoms with Crippen molar-refractivity contribution in [2.24, 2.45) is 0 Å². The molecular formula is C18H21F2N3O2. The molecule has 134 valence electrons. The SMILES string of the molecule is CN(Cc1ccco1)C(=O)N[C@@H]1CCN(C)[C@@H]1c1ccc(F)c(F)c1. The third kappa shape index (κ3) is 3.82. The number of urea groups is 1. The van der Waals surface area contributed by atoms with Crippen molar-refractivity contribution in [1.82, 2.24) is 15.1 Å². The van der Waals surface area contributed by atoms with Gasteiger partial charge in [0, 0.05) is 13.6 Å². The van der Waals surface area contributed by atoms with Gasteiger partial charge in [0.25, 0.3) is 0 Å². The lowest BCUT2D eigenvalue weighted by molar-refractivity contribution is 0.194. The van der Waals surface area contributed by atoms with Crippen LogP contribution in [-0.4, -0.2) is 42.5 Å². The van der Waals surface area contributed by atoms with Gasteiger partial charge in [-0.05, 0) is 43.3 Å². The van der Waals surface area contributed by atoms with Gasteiger partial charge in [0.1, 0.15) is 5.76 Å². The molecule has 25 heavy (non-hydrogen) atoms. The Kier molecular flexibility index (Phi) is 5.03. The van der Waals surface area contributed by atoms with Gasteiger partial charge < -0.3 is 14.6 Å². The molecule has 7 heteroatoms. The third-order valence-electron chi connectivity index (χ3n) is 4.56. The number of likely N-dealkylation sites (N-methyl/N-ethyl adjacent to an activating group) is 1. The number of carbonyl (C=O) groups excluding carboxylic acids is 1. The minimum absolute atomic E-state index is 0.179. The molecule has 1 aromatic carbocycles. The van der Waals surface area contributed by atoms with E-state index in [1.165, 1.54) is 11.0 Å². The molecule has 1 aromatic heterocycles. The van der Waals surface area contributed by atoms with E-state index in [1.807, 2.05) is 11.9 Å². The molecule has 2 heterocycles. The molecule has 1 aliphatic heterocycles. The Morgan fingerprint density at radius 3 is 2.84 bits per heavy atom. The molecule has 1 fully saturated rings. The Hall–Kier alpha value is -2.41. The van der Waals surface area contributed by atoms with Crippen LogP contribution in [0, 0.1) is 11.6 Å². The van der Waals surface area contributed by atoms with Gasteiger partial charge in [-0.2, -0.15) is 0 Å². The Labute approximate surface area is 145 Å². The number of hydrogen-bond acceptors (Lipinski definition) is 3. The van der Waals surface area contributed by atoms with Crippen LogP contribution in [0.4, 0.5) is 13.6 Å². The summed E-state index contributed by atoms with van der Waals surface area (Å²) in [5.74, 6) is -1.06. The predicted molar refractivity (Wildman–Crippen MR) is 88.8 cm³/mol. The van der Waals surface area contributed by atoms with Crippen LogP contribution in [0.15, 0.2) is 41.0 Å². The summed E-state index contributed by atoms with van der Waals surface area (Å²) in [5, 5.41) is 2.99. The summed E-state index contributed by atoms with van der Waals surface area (Å²) in [5.41, 5.74) is 0.651. The molecule has 1 saturated heterocycles. The highest BCUT2D eigenvalue weighted by Gasteiger charge is 2.35. The lowest BCUT2D eigenvalue weighted by atomic mass is 10.00. The number of nitrogens with zero attached hydrogens (tertiary/aromatic N) is 2. The van der Waals surface area contributed by atoms with Gasteiger partial charge in [-0.15, -0.1) is 0 Å². The molecule has 0 spiro atoms. The first kappa shape index (κ1) is 17.4. The first-order chi connectivity index (χ1) is 12.0. The van der Waals surface area contributed by atoms with Crippen LogP contribution in [0.25, 0.3) is 0 Å². The second kappa shape index (κ2) is 7.23. The van der Waals surface area contributed by atoms with E-state index in [2.05, 4.69) is 5.32 Å². The first-order valence-electron chi connectivity index (χ1n) is 8.15. The van der Waals surface area contributed by atoms with Gasteiger partial charge >= 0.3 is 6.03 Å². The molecule has 5 nitrogen and oxygen atoms in total. The average molecular weight is 349 g/mol. The van der Waals surface area contributed by atoms with Crippen molar-refractivity contribution in [2.45, 2.75) is 25.0 Å². The topological polar surface area (TPSA) is 48.7 Å². The molecule has 3 rings (SSSR count). The highest BCUT2D eigenvalue weighted by atomic mass is 19.2. The summed E-state index contributed by atoms with van der Waals surface area (Å²) in [7, 11) is 3.59. The fourth-order valence-electron chi connectivity index (χ4n) is 3.26. The standard InChI is InChI=1S/C18H21F2N3O2/c1-22-8-7-16(17(22)12-5-6-14(19)15(20)10-12)21-18(24)23(2)11-13-4-3-9-25-13/h3-6,9-10,16-17H,7-8,11H2,1-2H3,(H,21,24)/t16-,17-/m1/s1. The van der Waals surface area contributed by atoms with Gasteiger partial charge in [0.2, 0.25) is 0 Å². The van der Waals surface area contributed by atoms with Gasteiger partial charge in [-0.3, -0.25) is 4.90 Å². The van der Waals surface area contributed by atoms with Crippen molar-refractivity contribution in [3.63, 3.8) is 0 Å². The van der Waals surface area contributed by atoms with Crippen LogP contribution >= 0.6 is 0 Å². The van der Waals surface area contributed by atoms with Crippen LogP contribution in [0.5, 0.6) is 0 Å². The van der Waals surface area contributed by atoms with E-state index in [4.69, 9.17) is 4.42 Å². The fraction of sp³-hybridized carbons (Fsp3) is 0.389. The van der Waals surface area contributed by atoms with E-state index in [0.29, 0.717) is 17.9 Å². The van der Waals surface area contributed by atoms with E-state index < -0.39 is 11.6 Å². The molecular weight excluding hydrogens is 328 g/mol. The summed E-state index contributed by atoms with van der Waals surface area (Å²) >= 11 is 0. The maximum atomic E-state index is 13.6. The molecule has 0 unspecified atom stereocenters. The van der Waals surface area contributed by atoms with Crippen molar-refractivity contribution in [3.8, 4) is 0 Å². The predicted octanol–water partition coefficient (Wildman–Crippen LogP) is 3.14. The van der Waals surface area contributed by atoms with E-state index in [0.717, 1.165) is 19.0 Å². The summed E-state index contributed by atoms with van der Waals surface area (Å²) in [6.07, 6.45) is 2.30. The van der Waals surface area contributed by atoms with E-state index >= 15 is 0 Å². The normalized spacial score (nSPS) is 20.6. The number of halogens is 2. The number of hydrogen-bond donors (Lipinski definition) is 1. The van der Waals surface area contributed by atoms with Crippen LogP contribution in [0.1, 0.15) is 23.8 Å². The molecule has 0 aliphatic carbocycles. The van der Waals surface area contributed by atoms with Crippen molar-refractivity contribution in [2.75, 3.05) is 20.6 Å². The number of amides is 2. The molecule has 2 amide bonds. The van der Waals surface area contributed by atoms with Crippen LogP contribution in [0.3, 0.4) is 0 Å². The molecule has 2 atom stereocenters. The first-order valence-corrected chi connectivity index (χ1v) is 8.15. The maximum Gasteiger partial charge on any atom is 0.317 e. The molecule has 2 aromatic rings. The number of rotatable bonds is 4. The average Bonchev–Trinajstić information content (AvgIpc) is 3.20. The molecule has 0 saturated carbocycles. The lowest BCUT2D eigenvalue weighted by Crippen LogP contribution is -2.44. The third-order valence-corrected chi connectivity index (χ3v) is 4.56. The van der Waals surface area contributed by atoms with Crippen molar-refractivity contribution < 1.29 is 18.0 Å². The van der Waals surface area contributed by atoms with E-state index in [1.54, 1.807) is 31.5 Å². The van der Waals surface area contributed by atoms with Crippen molar-refractivity contribution in [3.05, 3.63) is 59.6 Å². The Balaban J connectivity index is 1.69. The minimum atomic E-state index is -0.877. The highest BCUT2D eigenvalue weighted by molar-refractivity contribution is 5.74. The van der Waals surface area contributed by atoms with Gasteiger partial charge in [0.15, 0.2) is 11.6 Å². The van der Waals surface area contributed by atoms with Gasteiger partial charge in [-0.25, -0.2) is 13.6 Å². The minimum Gasteiger partial charge on any atom is -0.467 e. The molecule has 0 bridgehead atoms. The van der Waals surface area contributed by atoms with Crippen molar-refractivity contribution in [1.29, 1.82) is 0 Å². The Bertz CT molecular complexity index is 736. The Morgan fingerprint density at radius 1 is 1.36 bits per heavy atom. The van der Waals surface area contributed by atoms with Gasteiger partial charge in [0.05, 0.1) is 24.9 Å². The van der Waals surface area contributed by atoms with Crippen LogP contribution in [-0.2, 0) is 6.54 Å². The molecule has 0 radical (unpaired) electrons. The second-order valence-corrected chi connectivity index (χ2v) is 6.38. The monoisotopic (exact) mass is 349 g/mol. The summed E-state index contributed by atoms with van der Waals surface area (Å²) in [6, 6.07) is 6.86. The number of carbonyl (C=O) groups is 1. The highest BCUT2D eigenvalue weighted by Crippen LogP contribution is 2.31. The largest absolute Gasteiger partial charge is 0.467 e. The lowest BCUT2D eigenvalue weighted by Gasteiger charge is -2.28. The summed E-state index contributed by atoms with van der Waals surface area (Å²) in [6.45, 7) is 1.12. The number of likely N-dealkylation sites (tertiary alicyclic amines) is 1. The zero-order valence-corrected chi connectivity index (χ0v) is 14.2. The quantitative estimate of drug-likeness (QED) is 0.923.